The fourth-order valence-electron chi connectivity index (χ4n) is 1.51. The highest BCUT2D eigenvalue weighted by atomic mass is 19.1. The second-order valence-corrected chi connectivity index (χ2v) is 4.76. The van der Waals surface area contributed by atoms with Crippen LogP contribution in [0.25, 0.3) is 0 Å². The highest BCUT2D eigenvalue weighted by Gasteiger charge is 2.20. The second kappa shape index (κ2) is 6.19. The molecule has 0 fully saturated rings. The standard InChI is InChI=1S/C14H20FN3/c1-4-9-17-13(16)18-10-14(2,3)11-5-7-12(15)8-6-11/h4-8H,1,9-10H2,2-3H3,(H3,16,17,18). The van der Waals surface area contributed by atoms with E-state index in [0.29, 0.717) is 19.0 Å². The second-order valence-electron chi connectivity index (χ2n) is 4.76. The van der Waals surface area contributed by atoms with Gasteiger partial charge in [-0.05, 0) is 17.7 Å². The minimum absolute atomic E-state index is 0.186. The average Bonchev–Trinajstić information content (AvgIpc) is 2.34. The van der Waals surface area contributed by atoms with Crippen LogP contribution in [0.1, 0.15) is 19.4 Å². The van der Waals surface area contributed by atoms with Gasteiger partial charge < -0.3 is 11.1 Å². The molecular weight excluding hydrogens is 229 g/mol. The highest BCUT2D eigenvalue weighted by molar-refractivity contribution is 5.78. The molecule has 0 unspecified atom stereocenters. The van der Waals surface area contributed by atoms with Crippen molar-refractivity contribution in [2.75, 3.05) is 13.1 Å². The first-order valence-electron chi connectivity index (χ1n) is 5.86. The lowest BCUT2D eigenvalue weighted by Gasteiger charge is -2.23. The first-order valence-corrected chi connectivity index (χ1v) is 5.86. The van der Waals surface area contributed by atoms with Crippen LogP contribution in [0.2, 0.25) is 0 Å². The van der Waals surface area contributed by atoms with Crippen LogP contribution < -0.4 is 11.1 Å². The molecule has 0 amide bonds. The van der Waals surface area contributed by atoms with Crippen molar-refractivity contribution < 1.29 is 4.39 Å². The minimum Gasteiger partial charge on any atom is -0.370 e. The van der Waals surface area contributed by atoms with Crippen LogP contribution in [0.15, 0.2) is 41.9 Å². The molecule has 0 aromatic heterocycles. The van der Waals surface area contributed by atoms with Crippen LogP contribution in [0.4, 0.5) is 4.39 Å². The summed E-state index contributed by atoms with van der Waals surface area (Å²) in [6, 6.07) is 6.47. The average molecular weight is 249 g/mol. The van der Waals surface area contributed by atoms with E-state index in [1.807, 2.05) is 13.8 Å². The van der Waals surface area contributed by atoms with Gasteiger partial charge in [0.25, 0.3) is 0 Å². The predicted octanol–water partition coefficient (Wildman–Crippen LogP) is 2.19. The van der Waals surface area contributed by atoms with Gasteiger partial charge in [0.2, 0.25) is 0 Å². The Balaban J connectivity index is 2.69. The summed E-state index contributed by atoms with van der Waals surface area (Å²) in [5.74, 6) is 0.162. The number of nitrogens with one attached hydrogen (secondary N) is 1. The number of nitrogens with two attached hydrogens (primary N) is 1. The number of hydrogen-bond donors (Lipinski definition) is 2. The lowest BCUT2D eigenvalue weighted by molar-refractivity contribution is 0.536. The molecule has 1 aromatic carbocycles. The maximum Gasteiger partial charge on any atom is 0.188 e. The van der Waals surface area contributed by atoms with Crippen LogP contribution >= 0.6 is 0 Å². The van der Waals surface area contributed by atoms with Gasteiger partial charge in [-0.15, -0.1) is 6.58 Å². The number of hydrogen-bond acceptors (Lipinski definition) is 1. The van der Waals surface area contributed by atoms with E-state index in [2.05, 4.69) is 16.9 Å². The molecule has 0 aliphatic rings. The van der Waals surface area contributed by atoms with E-state index in [4.69, 9.17) is 5.73 Å². The van der Waals surface area contributed by atoms with E-state index in [-0.39, 0.29) is 11.2 Å². The Morgan fingerprint density at radius 2 is 2.06 bits per heavy atom. The van der Waals surface area contributed by atoms with Crippen LogP contribution in [-0.2, 0) is 5.41 Å². The van der Waals surface area contributed by atoms with Gasteiger partial charge in [-0.3, -0.25) is 4.99 Å². The Morgan fingerprint density at radius 3 is 2.61 bits per heavy atom. The van der Waals surface area contributed by atoms with Crippen LogP contribution in [0, 0.1) is 5.82 Å². The van der Waals surface area contributed by atoms with Gasteiger partial charge in [0.1, 0.15) is 5.82 Å². The number of nitrogens with zero attached hydrogens (tertiary/aromatic N) is 1. The molecule has 1 rings (SSSR count). The molecule has 0 spiro atoms. The molecule has 0 saturated carbocycles. The molecule has 0 aliphatic heterocycles. The van der Waals surface area contributed by atoms with Crippen LogP contribution in [-0.4, -0.2) is 19.0 Å². The van der Waals surface area contributed by atoms with Gasteiger partial charge in [-0.2, -0.15) is 0 Å². The Morgan fingerprint density at radius 1 is 1.44 bits per heavy atom. The molecule has 1 aromatic rings. The van der Waals surface area contributed by atoms with Crippen molar-refractivity contribution in [2.45, 2.75) is 19.3 Å². The Labute approximate surface area is 108 Å². The summed E-state index contributed by atoms with van der Waals surface area (Å²) < 4.78 is 12.9. The SMILES string of the molecule is C=CCNC(N)=NCC(C)(C)c1ccc(F)cc1. The lowest BCUT2D eigenvalue weighted by atomic mass is 9.85. The number of benzene rings is 1. The van der Waals surface area contributed by atoms with Crippen molar-refractivity contribution in [2.24, 2.45) is 10.7 Å². The first kappa shape index (κ1) is 14.2. The summed E-state index contributed by atoms with van der Waals surface area (Å²) in [7, 11) is 0. The Kier molecular flexibility index (Phi) is 4.89. The summed E-state index contributed by atoms with van der Waals surface area (Å²) in [6.07, 6.45) is 1.72. The molecule has 4 heteroatoms. The third kappa shape index (κ3) is 4.20. The molecule has 0 heterocycles. The number of guanidine groups is 1. The first-order chi connectivity index (χ1) is 8.45. The maximum atomic E-state index is 12.9. The molecule has 0 aliphatic carbocycles. The summed E-state index contributed by atoms with van der Waals surface area (Å²) in [5, 5.41) is 2.92. The number of halogens is 1. The van der Waals surface area contributed by atoms with E-state index in [1.165, 1.54) is 12.1 Å². The van der Waals surface area contributed by atoms with Crippen molar-refractivity contribution in [3.05, 3.63) is 48.3 Å². The summed E-state index contributed by atoms with van der Waals surface area (Å²) >= 11 is 0. The highest BCUT2D eigenvalue weighted by Crippen LogP contribution is 2.23. The smallest absolute Gasteiger partial charge is 0.188 e. The summed E-state index contributed by atoms with van der Waals surface area (Å²) in [4.78, 5) is 4.27. The van der Waals surface area contributed by atoms with Crippen LogP contribution in [0.3, 0.4) is 0 Å². The molecule has 3 N–H and O–H groups in total. The van der Waals surface area contributed by atoms with Crippen molar-refractivity contribution in [3.63, 3.8) is 0 Å². The van der Waals surface area contributed by atoms with E-state index in [9.17, 15) is 4.39 Å². The van der Waals surface area contributed by atoms with Crippen molar-refractivity contribution in [3.8, 4) is 0 Å². The van der Waals surface area contributed by atoms with Crippen LogP contribution in [0.5, 0.6) is 0 Å². The van der Waals surface area contributed by atoms with E-state index >= 15 is 0 Å². The largest absolute Gasteiger partial charge is 0.370 e. The monoisotopic (exact) mass is 249 g/mol. The minimum atomic E-state index is -0.231. The number of rotatable bonds is 5. The Hall–Kier alpha value is -1.84. The normalized spacial score (nSPS) is 12.3. The van der Waals surface area contributed by atoms with Gasteiger partial charge in [0.05, 0.1) is 6.54 Å². The van der Waals surface area contributed by atoms with Gasteiger partial charge in [-0.25, -0.2) is 4.39 Å². The predicted molar refractivity (Wildman–Crippen MR) is 74.1 cm³/mol. The van der Waals surface area contributed by atoms with Gasteiger partial charge in [0.15, 0.2) is 5.96 Å². The quantitative estimate of drug-likeness (QED) is 0.477. The molecular formula is C14H20FN3. The topological polar surface area (TPSA) is 50.4 Å². The number of aliphatic imine (C=N–C) groups is 1. The third-order valence-corrected chi connectivity index (χ3v) is 2.70. The van der Waals surface area contributed by atoms with E-state index in [0.717, 1.165) is 5.56 Å². The fourth-order valence-corrected chi connectivity index (χ4v) is 1.51. The molecule has 0 saturated heterocycles. The molecule has 3 nitrogen and oxygen atoms in total. The van der Waals surface area contributed by atoms with Gasteiger partial charge in [-0.1, -0.05) is 32.1 Å². The van der Waals surface area contributed by atoms with Gasteiger partial charge >= 0.3 is 0 Å². The van der Waals surface area contributed by atoms with Crippen molar-refractivity contribution in [1.29, 1.82) is 0 Å². The fraction of sp³-hybridized carbons (Fsp3) is 0.357. The molecule has 98 valence electrons. The van der Waals surface area contributed by atoms with E-state index in [1.54, 1.807) is 18.2 Å². The zero-order chi connectivity index (χ0) is 13.6. The summed E-state index contributed by atoms with van der Waals surface area (Å²) in [5.41, 5.74) is 6.55. The zero-order valence-electron chi connectivity index (χ0n) is 10.9. The Bertz CT molecular complexity index is 421. The van der Waals surface area contributed by atoms with Crippen molar-refractivity contribution in [1.82, 2.24) is 5.32 Å². The van der Waals surface area contributed by atoms with Crippen molar-refractivity contribution >= 4 is 5.96 Å². The third-order valence-electron chi connectivity index (χ3n) is 2.70. The van der Waals surface area contributed by atoms with E-state index < -0.39 is 0 Å². The lowest BCUT2D eigenvalue weighted by Crippen LogP contribution is -2.33. The molecule has 0 atom stereocenters. The zero-order valence-corrected chi connectivity index (χ0v) is 10.9. The molecule has 0 radical (unpaired) electrons. The maximum absolute atomic E-state index is 12.9. The van der Waals surface area contributed by atoms with Gasteiger partial charge in [0, 0.05) is 12.0 Å². The molecule has 18 heavy (non-hydrogen) atoms. The molecule has 0 bridgehead atoms. The summed E-state index contributed by atoms with van der Waals surface area (Å²) in [6.45, 7) is 8.81.